The predicted octanol–water partition coefficient (Wildman–Crippen LogP) is 4.45. The summed E-state index contributed by atoms with van der Waals surface area (Å²) in [6.07, 6.45) is -1.40. The van der Waals surface area contributed by atoms with Crippen molar-refractivity contribution in [3.63, 3.8) is 0 Å². The zero-order valence-corrected chi connectivity index (χ0v) is 20.5. The van der Waals surface area contributed by atoms with Gasteiger partial charge in [-0.15, -0.1) is 0 Å². The number of benzene rings is 3. The fourth-order valence-corrected chi connectivity index (χ4v) is 4.20. The van der Waals surface area contributed by atoms with Gasteiger partial charge < -0.3 is 20.1 Å². The summed E-state index contributed by atoms with van der Waals surface area (Å²) in [4.78, 5) is 40.3. The van der Waals surface area contributed by atoms with Crippen LogP contribution in [0.4, 0.5) is 10.5 Å². The molecule has 2 atom stereocenters. The van der Waals surface area contributed by atoms with Crippen LogP contribution < -0.4 is 15.4 Å². The van der Waals surface area contributed by atoms with Gasteiger partial charge in [-0.3, -0.25) is 14.5 Å². The quantitative estimate of drug-likeness (QED) is 0.489. The molecule has 0 aromatic heterocycles. The molecule has 1 heterocycles. The van der Waals surface area contributed by atoms with Gasteiger partial charge in [-0.05, 0) is 49.2 Å². The Hall–Kier alpha value is -4.33. The number of carbonyl (C=O) groups is 3. The summed E-state index contributed by atoms with van der Waals surface area (Å²) in [7, 11) is 1.50. The van der Waals surface area contributed by atoms with Gasteiger partial charge in [-0.25, -0.2) is 4.79 Å². The highest BCUT2D eigenvalue weighted by Crippen LogP contribution is 2.35. The molecule has 8 heteroatoms. The van der Waals surface area contributed by atoms with Crippen molar-refractivity contribution in [2.24, 2.45) is 0 Å². The molecule has 0 radical (unpaired) electrons. The van der Waals surface area contributed by atoms with E-state index in [1.807, 2.05) is 38.1 Å². The van der Waals surface area contributed by atoms with E-state index in [2.05, 4.69) is 10.6 Å². The molecule has 36 heavy (non-hydrogen) atoms. The number of nitrogens with one attached hydrogen (secondary N) is 2. The number of para-hydroxylation sites is 1. The lowest BCUT2D eigenvalue weighted by Crippen LogP contribution is -2.46. The molecular formula is C28H29N3O5. The van der Waals surface area contributed by atoms with Gasteiger partial charge in [-0.2, -0.15) is 0 Å². The van der Waals surface area contributed by atoms with Gasteiger partial charge in [0.1, 0.15) is 5.75 Å². The van der Waals surface area contributed by atoms with Crippen molar-refractivity contribution in [2.45, 2.75) is 32.5 Å². The number of hydrogen-bond acceptors (Lipinski definition) is 5. The van der Waals surface area contributed by atoms with Crippen LogP contribution >= 0.6 is 0 Å². The molecule has 0 bridgehead atoms. The molecular weight excluding hydrogens is 458 g/mol. The molecule has 2 N–H and O–H groups in total. The molecule has 0 aliphatic carbocycles. The SMILES string of the molecule is CCNC(=O)C1C(c2cccc(NC(=O)c3ccccc3OC)c2)OC(=O)N1Cc1ccc(C)cc1. The van der Waals surface area contributed by atoms with Crippen molar-refractivity contribution in [1.29, 1.82) is 0 Å². The minimum absolute atomic E-state index is 0.238. The first-order chi connectivity index (χ1) is 17.4. The van der Waals surface area contributed by atoms with Crippen LogP contribution in [0.2, 0.25) is 0 Å². The van der Waals surface area contributed by atoms with E-state index >= 15 is 0 Å². The van der Waals surface area contributed by atoms with Crippen molar-refractivity contribution >= 4 is 23.6 Å². The van der Waals surface area contributed by atoms with Crippen LogP contribution in [0.5, 0.6) is 5.75 Å². The van der Waals surface area contributed by atoms with E-state index in [1.165, 1.54) is 12.0 Å². The normalized spacial score (nSPS) is 16.9. The summed E-state index contributed by atoms with van der Waals surface area (Å²) in [5.41, 5.74) is 3.50. The molecule has 3 amide bonds. The summed E-state index contributed by atoms with van der Waals surface area (Å²) in [6, 6.07) is 20.8. The molecule has 186 valence electrons. The highest BCUT2D eigenvalue weighted by atomic mass is 16.6. The van der Waals surface area contributed by atoms with Crippen molar-refractivity contribution in [3.8, 4) is 5.75 Å². The number of rotatable bonds is 8. The van der Waals surface area contributed by atoms with E-state index in [-0.39, 0.29) is 18.4 Å². The van der Waals surface area contributed by atoms with E-state index in [9.17, 15) is 14.4 Å². The number of ether oxygens (including phenoxy) is 2. The number of likely N-dealkylation sites (N-methyl/N-ethyl adjacent to an activating group) is 1. The number of aryl methyl sites for hydroxylation is 1. The van der Waals surface area contributed by atoms with E-state index in [1.54, 1.807) is 48.5 Å². The van der Waals surface area contributed by atoms with Crippen molar-refractivity contribution < 1.29 is 23.9 Å². The Balaban J connectivity index is 1.60. The standard InChI is InChI=1S/C28H29N3O5/c1-4-29-27(33)24-25(36-28(34)31(24)17-19-14-12-18(2)13-15-19)20-8-7-9-21(16-20)30-26(32)22-10-5-6-11-23(22)35-3/h5-16,24-25H,4,17H2,1-3H3,(H,29,33)(H,30,32). The minimum Gasteiger partial charge on any atom is -0.496 e. The lowest BCUT2D eigenvalue weighted by Gasteiger charge is -2.24. The third kappa shape index (κ3) is 5.33. The van der Waals surface area contributed by atoms with Gasteiger partial charge in [0.2, 0.25) is 5.91 Å². The first kappa shape index (κ1) is 24.8. The highest BCUT2D eigenvalue weighted by Gasteiger charge is 2.46. The zero-order valence-electron chi connectivity index (χ0n) is 20.5. The fraction of sp³-hybridized carbons (Fsp3) is 0.250. The van der Waals surface area contributed by atoms with Gasteiger partial charge in [0.25, 0.3) is 5.91 Å². The zero-order chi connectivity index (χ0) is 25.7. The molecule has 3 aromatic carbocycles. The third-order valence-electron chi connectivity index (χ3n) is 6.00. The number of cyclic esters (lactones) is 1. The molecule has 1 aliphatic rings. The number of anilines is 1. The second-order valence-corrected chi connectivity index (χ2v) is 8.54. The number of carbonyl (C=O) groups excluding carboxylic acids is 3. The Morgan fingerprint density at radius 1 is 1.03 bits per heavy atom. The molecule has 0 spiro atoms. The van der Waals surface area contributed by atoms with Gasteiger partial charge >= 0.3 is 6.09 Å². The molecule has 8 nitrogen and oxygen atoms in total. The number of amides is 3. The van der Waals surface area contributed by atoms with Crippen molar-refractivity contribution in [1.82, 2.24) is 10.2 Å². The molecule has 2 unspecified atom stereocenters. The van der Waals surface area contributed by atoms with E-state index in [0.717, 1.165) is 11.1 Å². The average Bonchev–Trinajstić information content (AvgIpc) is 3.21. The predicted molar refractivity (Wildman–Crippen MR) is 136 cm³/mol. The smallest absolute Gasteiger partial charge is 0.411 e. The first-order valence-electron chi connectivity index (χ1n) is 11.8. The summed E-state index contributed by atoms with van der Waals surface area (Å²) >= 11 is 0. The largest absolute Gasteiger partial charge is 0.496 e. The fourth-order valence-electron chi connectivity index (χ4n) is 4.20. The van der Waals surface area contributed by atoms with Gasteiger partial charge in [0.05, 0.1) is 19.2 Å². The van der Waals surface area contributed by atoms with Crippen LogP contribution in [0.25, 0.3) is 0 Å². The maximum Gasteiger partial charge on any atom is 0.411 e. The molecule has 3 aromatic rings. The summed E-state index contributed by atoms with van der Waals surface area (Å²) < 4.78 is 11.0. The molecule has 1 aliphatic heterocycles. The maximum atomic E-state index is 13.1. The van der Waals surface area contributed by atoms with Crippen LogP contribution in [0.3, 0.4) is 0 Å². The van der Waals surface area contributed by atoms with Crippen LogP contribution in [-0.2, 0) is 16.1 Å². The highest BCUT2D eigenvalue weighted by molar-refractivity contribution is 6.06. The summed E-state index contributed by atoms with van der Waals surface area (Å²) in [5, 5.41) is 5.68. The van der Waals surface area contributed by atoms with Gasteiger partial charge in [0.15, 0.2) is 12.1 Å². The van der Waals surface area contributed by atoms with Gasteiger partial charge in [0, 0.05) is 12.2 Å². The Morgan fingerprint density at radius 3 is 2.50 bits per heavy atom. The molecule has 4 rings (SSSR count). The van der Waals surface area contributed by atoms with Crippen molar-refractivity contribution in [2.75, 3.05) is 19.0 Å². The Kier molecular flexibility index (Phi) is 7.53. The van der Waals surface area contributed by atoms with Crippen LogP contribution in [-0.4, -0.2) is 42.5 Å². The summed E-state index contributed by atoms with van der Waals surface area (Å²) in [6.45, 7) is 4.47. The van der Waals surface area contributed by atoms with E-state index in [0.29, 0.717) is 29.1 Å². The molecule has 0 saturated carbocycles. The van der Waals surface area contributed by atoms with E-state index in [4.69, 9.17) is 9.47 Å². The Morgan fingerprint density at radius 2 is 1.78 bits per heavy atom. The monoisotopic (exact) mass is 487 g/mol. The average molecular weight is 488 g/mol. The van der Waals surface area contributed by atoms with E-state index < -0.39 is 18.2 Å². The third-order valence-corrected chi connectivity index (χ3v) is 6.00. The van der Waals surface area contributed by atoms with Crippen LogP contribution in [0.1, 0.15) is 40.1 Å². The number of nitrogens with zero attached hydrogens (tertiary/aromatic N) is 1. The Labute approximate surface area is 210 Å². The minimum atomic E-state index is -0.862. The lowest BCUT2D eigenvalue weighted by molar-refractivity contribution is -0.126. The first-order valence-corrected chi connectivity index (χ1v) is 11.8. The topological polar surface area (TPSA) is 97.0 Å². The number of hydrogen-bond donors (Lipinski definition) is 2. The van der Waals surface area contributed by atoms with Crippen LogP contribution in [0, 0.1) is 6.92 Å². The Bertz CT molecular complexity index is 1260. The van der Waals surface area contributed by atoms with Crippen molar-refractivity contribution in [3.05, 3.63) is 95.1 Å². The van der Waals surface area contributed by atoms with Crippen LogP contribution in [0.15, 0.2) is 72.8 Å². The molecule has 1 saturated heterocycles. The maximum absolute atomic E-state index is 13.1. The van der Waals surface area contributed by atoms with Gasteiger partial charge in [-0.1, -0.05) is 54.1 Å². The summed E-state index contributed by atoms with van der Waals surface area (Å²) in [5.74, 6) is -0.183. The number of methoxy groups -OCH3 is 1. The molecule has 1 fully saturated rings. The second kappa shape index (κ2) is 10.9. The second-order valence-electron chi connectivity index (χ2n) is 8.54. The lowest BCUT2D eigenvalue weighted by atomic mass is 10.00.